The molecule has 0 radical (unpaired) electrons. The number of aryl methyl sites for hydroxylation is 1. The SMILES string of the molecule is Cn1cc(S(=O)(=O)N2CCCCC2)cc1C(=O)NNC(=O)Cc1cccc2ccccc12. The molecule has 0 bridgehead atoms. The topological polar surface area (TPSA) is 101 Å². The zero-order valence-electron chi connectivity index (χ0n) is 17.9. The van der Waals surface area contributed by atoms with E-state index in [-0.39, 0.29) is 22.9 Å². The normalized spacial score (nSPS) is 14.9. The van der Waals surface area contributed by atoms with Crippen LogP contribution in [0.3, 0.4) is 0 Å². The molecule has 1 aromatic heterocycles. The Bertz CT molecular complexity index is 1250. The molecule has 0 saturated carbocycles. The number of carbonyl (C=O) groups excluding carboxylic acids is 2. The number of amides is 2. The summed E-state index contributed by atoms with van der Waals surface area (Å²) < 4.78 is 28.6. The number of piperidine rings is 1. The Morgan fingerprint density at radius 1 is 0.969 bits per heavy atom. The summed E-state index contributed by atoms with van der Waals surface area (Å²) in [4.78, 5) is 25.1. The van der Waals surface area contributed by atoms with Crippen molar-refractivity contribution in [3.63, 3.8) is 0 Å². The standard InChI is InChI=1S/C23H26N4O4S/c1-26-16-19(32(30,31)27-12-5-2-6-13-27)15-21(26)23(29)25-24-22(28)14-18-10-7-9-17-8-3-4-11-20(17)18/h3-4,7-11,15-16H,2,5-6,12-14H2,1H3,(H,24,28)(H,25,29). The molecule has 0 atom stereocenters. The number of hydrazine groups is 1. The predicted molar refractivity (Wildman–Crippen MR) is 121 cm³/mol. The van der Waals surface area contributed by atoms with E-state index in [1.165, 1.54) is 21.1 Å². The average Bonchev–Trinajstić information content (AvgIpc) is 3.21. The molecule has 2 N–H and O–H groups in total. The van der Waals surface area contributed by atoms with E-state index >= 15 is 0 Å². The van der Waals surface area contributed by atoms with Crippen molar-refractivity contribution < 1.29 is 18.0 Å². The molecular formula is C23H26N4O4S. The number of hydrogen-bond donors (Lipinski definition) is 2. The zero-order valence-corrected chi connectivity index (χ0v) is 18.7. The number of hydrogen-bond acceptors (Lipinski definition) is 4. The summed E-state index contributed by atoms with van der Waals surface area (Å²) >= 11 is 0. The number of rotatable bonds is 5. The summed E-state index contributed by atoms with van der Waals surface area (Å²) in [5.41, 5.74) is 5.80. The molecule has 1 aliphatic heterocycles. The van der Waals surface area contributed by atoms with Crippen LogP contribution in [0.2, 0.25) is 0 Å². The van der Waals surface area contributed by atoms with Gasteiger partial charge in [-0.1, -0.05) is 48.9 Å². The van der Waals surface area contributed by atoms with Gasteiger partial charge in [-0.25, -0.2) is 8.42 Å². The maximum atomic E-state index is 12.9. The van der Waals surface area contributed by atoms with Crippen LogP contribution in [-0.4, -0.2) is 42.2 Å². The van der Waals surface area contributed by atoms with Gasteiger partial charge in [-0.2, -0.15) is 4.31 Å². The van der Waals surface area contributed by atoms with E-state index in [1.54, 1.807) is 7.05 Å². The van der Waals surface area contributed by atoms with E-state index in [9.17, 15) is 18.0 Å². The lowest BCUT2D eigenvalue weighted by molar-refractivity contribution is -0.121. The Kier molecular flexibility index (Phi) is 6.29. The van der Waals surface area contributed by atoms with Crippen LogP contribution in [0, 0.1) is 0 Å². The highest BCUT2D eigenvalue weighted by atomic mass is 32.2. The van der Waals surface area contributed by atoms with Crippen molar-refractivity contribution in [1.29, 1.82) is 0 Å². The second-order valence-electron chi connectivity index (χ2n) is 7.95. The number of nitrogens with zero attached hydrogens (tertiary/aromatic N) is 2. The van der Waals surface area contributed by atoms with E-state index in [0.717, 1.165) is 35.6 Å². The molecule has 2 amide bonds. The van der Waals surface area contributed by atoms with Crippen LogP contribution in [0.15, 0.2) is 59.6 Å². The summed E-state index contributed by atoms with van der Waals surface area (Å²) in [6.07, 6.45) is 4.22. The molecule has 4 rings (SSSR count). The minimum absolute atomic E-state index is 0.0779. The number of carbonyl (C=O) groups is 2. The summed E-state index contributed by atoms with van der Waals surface area (Å²) in [5.74, 6) is -0.955. The molecule has 168 valence electrons. The predicted octanol–water partition coefficient (Wildman–Crippen LogP) is 2.36. The third-order valence-corrected chi connectivity index (χ3v) is 7.58. The maximum absolute atomic E-state index is 12.9. The Labute approximate surface area is 187 Å². The summed E-state index contributed by atoms with van der Waals surface area (Å²) in [7, 11) is -2.05. The van der Waals surface area contributed by atoms with Crippen molar-refractivity contribution in [1.82, 2.24) is 19.7 Å². The molecule has 32 heavy (non-hydrogen) atoms. The molecule has 0 unspecified atom stereocenters. The van der Waals surface area contributed by atoms with Crippen molar-refractivity contribution in [2.45, 2.75) is 30.6 Å². The Morgan fingerprint density at radius 2 is 1.69 bits per heavy atom. The van der Waals surface area contributed by atoms with Gasteiger partial charge in [0.05, 0.1) is 6.42 Å². The van der Waals surface area contributed by atoms with Crippen LogP contribution >= 0.6 is 0 Å². The van der Waals surface area contributed by atoms with Gasteiger partial charge in [-0.15, -0.1) is 0 Å². The quantitative estimate of drug-likeness (QED) is 0.578. The van der Waals surface area contributed by atoms with Crippen LogP contribution in [0.4, 0.5) is 0 Å². The van der Waals surface area contributed by atoms with E-state index in [0.29, 0.717) is 13.1 Å². The number of benzene rings is 2. The molecule has 1 fully saturated rings. The Balaban J connectivity index is 1.41. The monoisotopic (exact) mass is 454 g/mol. The minimum Gasteiger partial charge on any atom is -0.345 e. The lowest BCUT2D eigenvalue weighted by Crippen LogP contribution is -2.43. The number of nitrogens with one attached hydrogen (secondary N) is 2. The van der Waals surface area contributed by atoms with Gasteiger partial charge < -0.3 is 4.57 Å². The van der Waals surface area contributed by atoms with Gasteiger partial charge in [0, 0.05) is 26.3 Å². The smallest absolute Gasteiger partial charge is 0.286 e. The van der Waals surface area contributed by atoms with Crippen molar-refractivity contribution in [3.05, 3.63) is 66.0 Å². The highest BCUT2D eigenvalue weighted by molar-refractivity contribution is 7.89. The molecule has 1 saturated heterocycles. The van der Waals surface area contributed by atoms with E-state index in [4.69, 9.17) is 0 Å². The lowest BCUT2D eigenvalue weighted by atomic mass is 10.0. The fourth-order valence-corrected chi connectivity index (χ4v) is 5.60. The van der Waals surface area contributed by atoms with Gasteiger partial charge in [-0.3, -0.25) is 20.4 Å². The Hall–Kier alpha value is -3.17. The number of fused-ring (bicyclic) bond motifs is 1. The third-order valence-electron chi connectivity index (χ3n) is 5.71. The molecule has 0 aliphatic carbocycles. The Morgan fingerprint density at radius 3 is 2.47 bits per heavy atom. The maximum Gasteiger partial charge on any atom is 0.286 e. The summed E-state index contributed by atoms with van der Waals surface area (Å²) in [6, 6.07) is 14.9. The molecule has 0 spiro atoms. The molecule has 3 aromatic rings. The third kappa shape index (κ3) is 4.53. The number of sulfonamides is 1. The van der Waals surface area contributed by atoms with Crippen LogP contribution < -0.4 is 10.9 Å². The van der Waals surface area contributed by atoms with Gasteiger partial charge in [0.15, 0.2) is 0 Å². The van der Waals surface area contributed by atoms with E-state index < -0.39 is 15.9 Å². The van der Waals surface area contributed by atoms with Gasteiger partial charge >= 0.3 is 0 Å². The second-order valence-corrected chi connectivity index (χ2v) is 9.89. The molecule has 1 aliphatic rings. The van der Waals surface area contributed by atoms with E-state index in [2.05, 4.69) is 10.9 Å². The first-order valence-electron chi connectivity index (χ1n) is 10.6. The van der Waals surface area contributed by atoms with Gasteiger partial charge in [0.25, 0.3) is 5.91 Å². The van der Waals surface area contributed by atoms with Gasteiger partial charge in [-0.05, 0) is 35.2 Å². The second kappa shape index (κ2) is 9.13. The first kappa shape index (κ1) is 22.0. The fraction of sp³-hybridized carbons (Fsp3) is 0.304. The van der Waals surface area contributed by atoms with Crippen LogP contribution in [0.25, 0.3) is 10.8 Å². The summed E-state index contributed by atoms with van der Waals surface area (Å²) in [6.45, 7) is 0.978. The fourth-order valence-electron chi connectivity index (χ4n) is 4.01. The van der Waals surface area contributed by atoms with Crippen LogP contribution in [0.5, 0.6) is 0 Å². The van der Waals surface area contributed by atoms with Gasteiger partial charge in [0.2, 0.25) is 15.9 Å². The van der Waals surface area contributed by atoms with Gasteiger partial charge in [0.1, 0.15) is 10.6 Å². The van der Waals surface area contributed by atoms with Crippen LogP contribution in [0.1, 0.15) is 35.3 Å². The lowest BCUT2D eigenvalue weighted by Gasteiger charge is -2.25. The number of aromatic nitrogens is 1. The highest BCUT2D eigenvalue weighted by Gasteiger charge is 2.28. The minimum atomic E-state index is -3.64. The van der Waals surface area contributed by atoms with Crippen molar-refractivity contribution in [3.8, 4) is 0 Å². The highest BCUT2D eigenvalue weighted by Crippen LogP contribution is 2.22. The van der Waals surface area contributed by atoms with E-state index in [1.807, 2.05) is 42.5 Å². The molecule has 8 nitrogen and oxygen atoms in total. The first-order valence-corrected chi connectivity index (χ1v) is 12.0. The molecule has 2 heterocycles. The molecule has 2 aromatic carbocycles. The van der Waals surface area contributed by atoms with Crippen LogP contribution in [-0.2, 0) is 28.3 Å². The van der Waals surface area contributed by atoms with Crippen molar-refractivity contribution >= 4 is 32.6 Å². The zero-order chi connectivity index (χ0) is 22.7. The van der Waals surface area contributed by atoms with Crippen molar-refractivity contribution in [2.75, 3.05) is 13.1 Å². The molecule has 9 heteroatoms. The summed E-state index contributed by atoms with van der Waals surface area (Å²) in [5, 5.41) is 2.01. The first-order chi connectivity index (χ1) is 15.4. The largest absolute Gasteiger partial charge is 0.345 e. The average molecular weight is 455 g/mol. The molecular weight excluding hydrogens is 428 g/mol. The van der Waals surface area contributed by atoms with Crippen molar-refractivity contribution in [2.24, 2.45) is 7.05 Å².